The third-order valence-corrected chi connectivity index (χ3v) is 12.4. The summed E-state index contributed by atoms with van der Waals surface area (Å²) in [6.45, 7) is 0. The second kappa shape index (κ2) is 12.6. The summed E-state index contributed by atoms with van der Waals surface area (Å²) in [6.07, 6.45) is 0. The Bertz CT molecular complexity index is 3410. The molecule has 12 aromatic rings. The number of furan rings is 1. The highest BCUT2D eigenvalue weighted by Crippen LogP contribution is 2.43. The van der Waals surface area contributed by atoms with Crippen LogP contribution in [0.2, 0.25) is 0 Å². The first-order valence-electron chi connectivity index (χ1n) is 19.1. The number of aromatic nitrogens is 3. The van der Waals surface area contributed by atoms with Crippen LogP contribution in [-0.4, -0.2) is 14.5 Å². The van der Waals surface area contributed by atoms with E-state index in [2.05, 4.69) is 156 Å². The van der Waals surface area contributed by atoms with Crippen LogP contribution in [0.3, 0.4) is 0 Å². The number of nitrogens with zero attached hydrogens (tertiary/aromatic N) is 3. The molecule has 57 heavy (non-hydrogen) atoms. The van der Waals surface area contributed by atoms with Gasteiger partial charge >= 0.3 is 0 Å². The maximum Gasteiger partial charge on any atom is 0.164 e. The highest BCUT2D eigenvalue weighted by molar-refractivity contribution is 7.26. The van der Waals surface area contributed by atoms with E-state index in [1.807, 2.05) is 47.7 Å². The number of thiophene rings is 1. The molecule has 0 saturated heterocycles. The lowest BCUT2D eigenvalue weighted by atomic mass is 10.0. The van der Waals surface area contributed by atoms with Gasteiger partial charge in [0.2, 0.25) is 0 Å². The second-order valence-electron chi connectivity index (χ2n) is 14.5. The number of rotatable bonds is 5. The number of fused-ring (bicyclic) bond motifs is 9. The van der Waals surface area contributed by atoms with Gasteiger partial charge < -0.3 is 8.98 Å². The van der Waals surface area contributed by atoms with Crippen LogP contribution in [-0.2, 0) is 0 Å². The molecular weight excluding hydrogens is 715 g/mol. The molecular formula is C52H31N3OS. The van der Waals surface area contributed by atoms with Crippen molar-refractivity contribution in [2.45, 2.75) is 0 Å². The van der Waals surface area contributed by atoms with Gasteiger partial charge in [-0.25, -0.2) is 9.97 Å². The number of hydrogen-bond donors (Lipinski definition) is 0. The molecule has 0 aliphatic rings. The van der Waals surface area contributed by atoms with Gasteiger partial charge in [0.1, 0.15) is 11.2 Å². The fraction of sp³-hybridized carbons (Fsp3) is 0. The highest BCUT2D eigenvalue weighted by atomic mass is 32.1. The lowest BCUT2D eigenvalue weighted by Crippen LogP contribution is -1.96. The van der Waals surface area contributed by atoms with Crippen molar-refractivity contribution >= 4 is 75.3 Å². The number of benzene rings is 8. The number of para-hydroxylation sites is 3. The van der Waals surface area contributed by atoms with E-state index in [0.29, 0.717) is 5.82 Å². The third-order valence-electron chi connectivity index (χ3n) is 11.2. The quantitative estimate of drug-likeness (QED) is 0.176. The molecule has 0 amide bonds. The summed E-state index contributed by atoms with van der Waals surface area (Å²) in [4.78, 5) is 10.2. The Morgan fingerprint density at radius 3 is 1.74 bits per heavy atom. The topological polar surface area (TPSA) is 43.9 Å². The van der Waals surface area contributed by atoms with Crippen molar-refractivity contribution in [3.8, 4) is 50.7 Å². The maximum atomic E-state index is 6.66. The standard InChI is InChI=1S/C52H31N3OS/c1-3-13-32(14-4-1)43-31-44(33-15-5-2-6-16-33)54-52(53-43)41-21-11-19-39-42-29-34(26-28-48(42)56-50(39)41)35-25-27-38-40-20-12-24-47(51(40)57-49(38)30-35)55-45-22-9-7-17-36(45)37-18-8-10-23-46(37)55/h1-31H. The molecule has 12 rings (SSSR count). The van der Waals surface area contributed by atoms with Crippen LogP contribution in [0.5, 0.6) is 0 Å². The Kier molecular flexibility index (Phi) is 7.06. The molecule has 5 heteroatoms. The average Bonchev–Trinajstić information content (AvgIpc) is 3.96. The van der Waals surface area contributed by atoms with Gasteiger partial charge in [-0.1, -0.05) is 140 Å². The van der Waals surface area contributed by atoms with Gasteiger partial charge in [-0.3, -0.25) is 0 Å². The second-order valence-corrected chi connectivity index (χ2v) is 15.6. The number of hydrogen-bond acceptors (Lipinski definition) is 4. The van der Waals surface area contributed by atoms with E-state index >= 15 is 0 Å². The average molecular weight is 746 g/mol. The summed E-state index contributed by atoms with van der Waals surface area (Å²) in [5.41, 5.74) is 12.3. The van der Waals surface area contributed by atoms with Gasteiger partial charge in [0.25, 0.3) is 0 Å². The first-order chi connectivity index (χ1) is 28.2. The molecule has 4 aromatic heterocycles. The first kappa shape index (κ1) is 32.0. The van der Waals surface area contributed by atoms with E-state index in [0.717, 1.165) is 55.6 Å². The van der Waals surface area contributed by atoms with Crippen LogP contribution in [0.1, 0.15) is 0 Å². The van der Waals surface area contributed by atoms with E-state index in [1.54, 1.807) is 0 Å². The molecule has 0 spiro atoms. The smallest absolute Gasteiger partial charge is 0.164 e. The van der Waals surface area contributed by atoms with E-state index < -0.39 is 0 Å². The third kappa shape index (κ3) is 5.06. The molecule has 8 aromatic carbocycles. The molecule has 0 atom stereocenters. The zero-order valence-corrected chi connectivity index (χ0v) is 31.4. The van der Waals surface area contributed by atoms with E-state index in [9.17, 15) is 0 Å². The van der Waals surface area contributed by atoms with Crippen LogP contribution in [0.25, 0.3) is 115 Å². The monoisotopic (exact) mass is 745 g/mol. The van der Waals surface area contributed by atoms with Crippen molar-refractivity contribution in [1.29, 1.82) is 0 Å². The molecule has 0 bridgehead atoms. The van der Waals surface area contributed by atoms with Crippen LogP contribution in [0, 0.1) is 0 Å². The Morgan fingerprint density at radius 1 is 0.421 bits per heavy atom. The molecule has 266 valence electrons. The SMILES string of the molecule is c1ccc(-c2cc(-c3ccccc3)nc(-c3cccc4c3oc3ccc(-c5ccc6c(c5)sc5c(-n7c8ccccc8c8ccccc87)cccc56)cc34)n2)cc1. The van der Waals surface area contributed by atoms with Gasteiger partial charge in [-0.15, -0.1) is 11.3 Å². The highest BCUT2D eigenvalue weighted by Gasteiger charge is 2.19. The molecule has 0 radical (unpaired) electrons. The normalized spacial score (nSPS) is 11.9. The van der Waals surface area contributed by atoms with E-state index in [4.69, 9.17) is 14.4 Å². The van der Waals surface area contributed by atoms with Gasteiger partial charge in [0, 0.05) is 48.1 Å². The lowest BCUT2D eigenvalue weighted by Gasteiger charge is -2.09. The van der Waals surface area contributed by atoms with E-state index in [-0.39, 0.29) is 0 Å². The molecule has 0 N–H and O–H groups in total. The van der Waals surface area contributed by atoms with Crippen molar-refractivity contribution in [3.63, 3.8) is 0 Å². The van der Waals surface area contributed by atoms with Crippen molar-refractivity contribution in [2.24, 2.45) is 0 Å². The van der Waals surface area contributed by atoms with Crippen LogP contribution in [0.4, 0.5) is 0 Å². The molecule has 0 aliphatic carbocycles. The maximum absolute atomic E-state index is 6.66. The van der Waals surface area contributed by atoms with Crippen molar-refractivity contribution < 1.29 is 4.42 Å². The van der Waals surface area contributed by atoms with Gasteiger partial charge in [0.15, 0.2) is 5.82 Å². The van der Waals surface area contributed by atoms with Crippen LogP contribution >= 0.6 is 11.3 Å². The fourth-order valence-corrected chi connectivity index (χ4v) is 9.80. The zero-order chi connectivity index (χ0) is 37.5. The summed E-state index contributed by atoms with van der Waals surface area (Å²) >= 11 is 1.87. The Morgan fingerprint density at radius 2 is 1.02 bits per heavy atom. The molecule has 0 aliphatic heterocycles. The summed E-state index contributed by atoms with van der Waals surface area (Å²) in [5, 5.41) is 7.20. The molecule has 0 saturated carbocycles. The van der Waals surface area contributed by atoms with Gasteiger partial charge in [0.05, 0.1) is 38.4 Å². The predicted molar refractivity (Wildman–Crippen MR) is 238 cm³/mol. The zero-order valence-electron chi connectivity index (χ0n) is 30.6. The van der Waals surface area contributed by atoms with Gasteiger partial charge in [-0.2, -0.15) is 0 Å². The molecule has 4 heterocycles. The molecule has 0 unspecified atom stereocenters. The Hall–Kier alpha value is -7.34. The first-order valence-corrected chi connectivity index (χ1v) is 20.0. The summed E-state index contributed by atoms with van der Waals surface area (Å²) in [5.74, 6) is 0.635. The predicted octanol–water partition coefficient (Wildman–Crippen LogP) is 14.5. The summed E-state index contributed by atoms with van der Waals surface area (Å²) < 4.78 is 11.6. The van der Waals surface area contributed by atoms with Crippen molar-refractivity contribution in [1.82, 2.24) is 14.5 Å². The Balaban J connectivity index is 0.983. The lowest BCUT2D eigenvalue weighted by molar-refractivity contribution is 0.669. The fourth-order valence-electron chi connectivity index (χ4n) is 8.56. The molecule has 4 nitrogen and oxygen atoms in total. The minimum absolute atomic E-state index is 0.635. The largest absolute Gasteiger partial charge is 0.455 e. The minimum atomic E-state index is 0.635. The molecule has 0 fully saturated rings. The minimum Gasteiger partial charge on any atom is -0.455 e. The summed E-state index contributed by atoms with van der Waals surface area (Å²) in [7, 11) is 0. The van der Waals surface area contributed by atoms with Gasteiger partial charge in [-0.05, 0) is 59.7 Å². The van der Waals surface area contributed by atoms with Crippen LogP contribution < -0.4 is 0 Å². The summed E-state index contributed by atoms with van der Waals surface area (Å²) in [6, 6.07) is 66.5. The van der Waals surface area contributed by atoms with Crippen LogP contribution in [0.15, 0.2) is 192 Å². The van der Waals surface area contributed by atoms with Crippen molar-refractivity contribution in [3.05, 3.63) is 188 Å². The van der Waals surface area contributed by atoms with E-state index in [1.165, 1.54) is 53.2 Å². The Labute approximate surface area is 331 Å². The van der Waals surface area contributed by atoms with Crippen molar-refractivity contribution in [2.75, 3.05) is 0 Å².